The van der Waals surface area contributed by atoms with Crippen molar-refractivity contribution >= 4 is 37.8 Å². The maximum Gasteiger partial charge on any atom is 0.360 e. The van der Waals surface area contributed by atoms with Crippen molar-refractivity contribution in [3.63, 3.8) is 0 Å². The maximum atomic E-state index is 11.5. The lowest BCUT2D eigenvalue weighted by molar-refractivity contribution is 0.0514. The van der Waals surface area contributed by atoms with Crippen molar-refractivity contribution in [1.29, 1.82) is 0 Å². The van der Waals surface area contributed by atoms with E-state index in [1.54, 1.807) is 13.0 Å². The first kappa shape index (κ1) is 13.3. The molecule has 0 spiro atoms. The molecule has 1 aromatic heterocycles. The lowest BCUT2D eigenvalue weighted by atomic mass is 10.1. The average Bonchev–Trinajstić information content (AvgIpc) is 2.78. The number of ether oxygens (including phenoxy) is 1. The van der Waals surface area contributed by atoms with Crippen molar-refractivity contribution in [2.45, 2.75) is 6.92 Å². The molecular formula is C12H9Br2NO3. The number of nitrogens with zero attached hydrogens (tertiary/aromatic N) is 1. The smallest absolute Gasteiger partial charge is 0.360 e. The molecule has 0 aliphatic heterocycles. The van der Waals surface area contributed by atoms with E-state index in [-0.39, 0.29) is 5.69 Å². The summed E-state index contributed by atoms with van der Waals surface area (Å²) in [6.07, 6.45) is 0. The first-order valence-electron chi connectivity index (χ1n) is 5.21. The lowest BCUT2D eigenvalue weighted by Crippen LogP contribution is -2.04. The maximum absolute atomic E-state index is 11.5. The molecule has 0 aliphatic rings. The molecule has 18 heavy (non-hydrogen) atoms. The van der Waals surface area contributed by atoms with E-state index in [2.05, 4.69) is 37.0 Å². The molecule has 0 saturated carbocycles. The predicted molar refractivity (Wildman–Crippen MR) is 73.3 cm³/mol. The second-order valence-electron chi connectivity index (χ2n) is 3.42. The van der Waals surface area contributed by atoms with Gasteiger partial charge in [-0.25, -0.2) is 4.79 Å². The molecule has 0 unspecified atom stereocenters. The van der Waals surface area contributed by atoms with Gasteiger partial charge in [-0.15, -0.1) is 0 Å². The van der Waals surface area contributed by atoms with Crippen LogP contribution < -0.4 is 0 Å². The third kappa shape index (κ3) is 2.81. The highest BCUT2D eigenvalue weighted by Gasteiger charge is 2.16. The van der Waals surface area contributed by atoms with E-state index >= 15 is 0 Å². The molecule has 0 N–H and O–H groups in total. The van der Waals surface area contributed by atoms with Gasteiger partial charge in [-0.05, 0) is 41.1 Å². The topological polar surface area (TPSA) is 52.3 Å². The summed E-state index contributed by atoms with van der Waals surface area (Å²) >= 11 is 6.79. The molecule has 4 nitrogen and oxygen atoms in total. The molecule has 0 atom stereocenters. The largest absolute Gasteiger partial charge is 0.461 e. The van der Waals surface area contributed by atoms with Crippen LogP contribution in [0.2, 0.25) is 0 Å². The number of hydrogen-bond donors (Lipinski definition) is 0. The fraction of sp³-hybridized carbons (Fsp3) is 0.167. The third-order valence-corrected chi connectivity index (χ3v) is 3.34. The van der Waals surface area contributed by atoms with Gasteiger partial charge in [-0.3, -0.25) is 0 Å². The molecule has 6 heteroatoms. The van der Waals surface area contributed by atoms with Crippen molar-refractivity contribution in [3.8, 4) is 11.3 Å². The van der Waals surface area contributed by atoms with Crippen LogP contribution in [0, 0.1) is 0 Å². The Balaban J connectivity index is 2.32. The molecular weight excluding hydrogens is 366 g/mol. The standard InChI is InChI=1S/C12H9Br2NO3/c1-2-17-12(16)10-6-11(18-15-10)8-4-3-7(13)5-9(8)14/h3-6H,2H2,1H3. The highest BCUT2D eigenvalue weighted by molar-refractivity contribution is 9.11. The Kier molecular flexibility index (Phi) is 4.19. The monoisotopic (exact) mass is 373 g/mol. The van der Waals surface area contributed by atoms with E-state index in [0.717, 1.165) is 14.5 Å². The van der Waals surface area contributed by atoms with Crippen molar-refractivity contribution in [3.05, 3.63) is 38.9 Å². The summed E-state index contributed by atoms with van der Waals surface area (Å²) < 4.78 is 11.8. The van der Waals surface area contributed by atoms with Crippen LogP contribution in [0.25, 0.3) is 11.3 Å². The first-order chi connectivity index (χ1) is 8.61. The van der Waals surface area contributed by atoms with E-state index in [1.165, 1.54) is 0 Å². The summed E-state index contributed by atoms with van der Waals surface area (Å²) in [5, 5.41) is 3.69. The van der Waals surface area contributed by atoms with Gasteiger partial charge in [0.25, 0.3) is 0 Å². The SMILES string of the molecule is CCOC(=O)c1cc(-c2ccc(Br)cc2Br)on1. The number of carbonyl (C=O) groups is 1. The van der Waals surface area contributed by atoms with E-state index in [4.69, 9.17) is 9.26 Å². The van der Waals surface area contributed by atoms with Crippen molar-refractivity contribution in [2.24, 2.45) is 0 Å². The normalized spacial score (nSPS) is 10.4. The van der Waals surface area contributed by atoms with E-state index in [1.807, 2.05) is 18.2 Å². The first-order valence-corrected chi connectivity index (χ1v) is 6.79. The number of rotatable bonds is 3. The van der Waals surface area contributed by atoms with E-state index < -0.39 is 5.97 Å². The molecule has 94 valence electrons. The molecule has 2 aromatic rings. The second-order valence-corrected chi connectivity index (χ2v) is 5.19. The summed E-state index contributed by atoms with van der Waals surface area (Å²) in [4.78, 5) is 11.5. The third-order valence-electron chi connectivity index (χ3n) is 2.19. The average molecular weight is 375 g/mol. The number of esters is 1. The molecule has 0 aliphatic carbocycles. The van der Waals surface area contributed by atoms with Gasteiger partial charge in [-0.1, -0.05) is 21.1 Å². The zero-order valence-corrected chi connectivity index (χ0v) is 12.6. The summed E-state index contributed by atoms with van der Waals surface area (Å²) in [6.45, 7) is 2.05. The Morgan fingerprint density at radius 3 is 2.83 bits per heavy atom. The van der Waals surface area contributed by atoms with Crippen LogP contribution in [0.5, 0.6) is 0 Å². The second kappa shape index (κ2) is 5.67. The van der Waals surface area contributed by atoms with Gasteiger partial charge in [-0.2, -0.15) is 0 Å². The minimum atomic E-state index is -0.485. The Hall–Kier alpha value is -1.14. The number of aromatic nitrogens is 1. The Morgan fingerprint density at radius 2 is 2.17 bits per heavy atom. The van der Waals surface area contributed by atoms with Crippen LogP contribution in [0.4, 0.5) is 0 Å². The van der Waals surface area contributed by atoms with E-state index in [0.29, 0.717) is 12.4 Å². The van der Waals surface area contributed by atoms with Crippen LogP contribution in [0.1, 0.15) is 17.4 Å². The fourth-order valence-electron chi connectivity index (χ4n) is 1.39. The lowest BCUT2D eigenvalue weighted by Gasteiger charge is -1.99. The Morgan fingerprint density at radius 1 is 1.39 bits per heavy atom. The van der Waals surface area contributed by atoms with Crippen LogP contribution in [-0.2, 0) is 4.74 Å². The number of halogens is 2. The molecule has 0 saturated heterocycles. The highest BCUT2D eigenvalue weighted by Crippen LogP contribution is 2.31. The molecule has 0 bridgehead atoms. The van der Waals surface area contributed by atoms with Gasteiger partial charge in [0.05, 0.1) is 6.61 Å². The zero-order valence-electron chi connectivity index (χ0n) is 9.44. The fourth-order valence-corrected chi connectivity index (χ4v) is 2.64. The van der Waals surface area contributed by atoms with Gasteiger partial charge in [0, 0.05) is 20.6 Å². The summed E-state index contributed by atoms with van der Waals surface area (Å²) in [7, 11) is 0. The minimum absolute atomic E-state index is 0.168. The molecule has 0 fully saturated rings. The Labute approximate surface area is 121 Å². The van der Waals surface area contributed by atoms with Crippen molar-refractivity contribution < 1.29 is 14.1 Å². The molecule has 0 amide bonds. The number of hydrogen-bond acceptors (Lipinski definition) is 4. The van der Waals surface area contributed by atoms with Crippen molar-refractivity contribution in [2.75, 3.05) is 6.61 Å². The molecule has 1 heterocycles. The zero-order chi connectivity index (χ0) is 13.1. The Bertz CT molecular complexity index is 580. The summed E-state index contributed by atoms with van der Waals surface area (Å²) in [5.74, 6) is 0.0261. The number of benzene rings is 1. The van der Waals surface area contributed by atoms with Gasteiger partial charge in [0.15, 0.2) is 11.5 Å². The van der Waals surface area contributed by atoms with Gasteiger partial charge in [0.1, 0.15) is 0 Å². The van der Waals surface area contributed by atoms with Crippen LogP contribution in [0.15, 0.2) is 37.7 Å². The quantitative estimate of drug-likeness (QED) is 0.760. The van der Waals surface area contributed by atoms with Crippen LogP contribution in [-0.4, -0.2) is 17.7 Å². The van der Waals surface area contributed by atoms with Crippen LogP contribution in [0.3, 0.4) is 0 Å². The van der Waals surface area contributed by atoms with Gasteiger partial charge < -0.3 is 9.26 Å². The summed E-state index contributed by atoms with van der Waals surface area (Å²) in [5.41, 5.74) is 0.989. The minimum Gasteiger partial charge on any atom is -0.461 e. The number of carbonyl (C=O) groups excluding carboxylic acids is 1. The van der Waals surface area contributed by atoms with Gasteiger partial charge >= 0.3 is 5.97 Å². The molecule has 1 aromatic carbocycles. The van der Waals surface area contributed by atoms with Crippen LogP contribution >= 0.6 is 31.9 Å². The molecule has 2 rings (SSSR count). The summed E-state index contributed by atoms with van der Waals surface area (Å²) in [6, 6.07) is 7.20. The molecule has 0 radical (unpaired) electrons. The highest BCUT2D eigenvalue weighted by atomic mass is 79.9. The van der Waals surface area contributed by atoms with E-state index in [9.17, 15) is 4.79 Å². The van der Waals surface area contributed by atoms with Gasteiger partial charge in [0.2, 0.25) is 0 Å². The predicted octanol–water partition coefficient (Wildman–Crippen LogP) is 4.04. The van der Waals surface area contributed by atoms with Crippen molar-refractivity contribution in [1.82, 2.24) is 5.16 Å².